The molecule has 0 saturated carbocycles. The van der Waals surface area contributed by atoms with E-state index in [1.807, 2.05) is 30.3 Å². The van der Waals surface area contributed by atoms with Gasteiger partial charge in [-0.15, -0.1) is 0 Å². The van der Waals surface area contributed by atoms with Crippen molar-refractivity contribution in [2.24, 2.45) is 5.92 Å². The average molecular weight is 371 g/mol. The van der Waals surface area contributed by atoms with Crippen LogP contribution in [-0.4, -0.2) is 17.6 Å². The largest absolute Gasteiger partial charge is 0.493 e. The maximum atomic E-state index is 12.5. The lowest BCUT2D eigenvalue weighted by atomic mass is 10.0. The number of para-hydroxylation sites is 1. The fourth-order valence-electron chi connectivity index (χ4n) is 2.43. The summed E-state index contributed by atoms with van der Waals surface area (Å²) in [5.74, 6) is 1.19. The van der Waals surface area contributed by atoms with E-state index in [1.165, 1.54) is 0 Å². The lowest BCUT2D eigenvalue weighted by Crippen LogP contribution is -2.34. The lowest BCUT2D eigenvalue weighted by Gasteiger charge is -2.15. The molecule has 0 fully saturated rings. The molecule has 2 N–H and O–H groups in total. The van der Waals surface area contributed by atoms with Crippen molar-refractivity contribution >= 4 is 28.9 Å². The minimum absolute atomic E-state index is 0.264. The van der Waals surface area contributed by atoms with E-state index >= 15 is 0 Å². The molecule has 0 aliphatic rings. The van der Waals surface area contributed by atoms with Gasteiger partial charge in [-0.25, -0.2) is 0 Å². The highest BCUT2D eigenvalue weighted by Crippen LogP contribution is 2.23. The standard InChI is InChI=1S/C21H26N2O2S/c1-14(2)13-25-17-9-7-8-16(12-17)20(24)23-21(26)22-19-11-6-5-10-18(19)15(3)4/h5-12,14-15H,13H2,1-4H3,(H2,22,23,24,26). The number of nitrogens with one attached hydrogen (secondary N) is 2. The van der Waals surface area contributed by atoms with Crippen molar-refractivity contribution in [2.75, 3.05) is 11.9 Å². The van der Waals surface area contributed by atoms with E-state index in [2.05, 4.69) is 38.3 Å². The zero-order valence-corrected chi connectivity index (χ0v) is 16.5. The molecule has 0 aliphatic heterocycles. The monoisotopic (exact) mass is 370 g/mol. The van der Waals surface area contributed by atoms with E-state index in [1.54, 1.807) is 18.2 Å². The van der Waals surface area contributed by atoms with Crippen molar-refractivity contribution < 1.29 is 9.53 Å². The summed E-state index contributed by atoms with van der Waals surface area (Å²) in [6, 6.07) is 15.0. The zero-order chi connectivity index (χ0) is 19.1. The topological polar surface area (TPSA) is 50.4 Å². The molecule has 0 radical (unpaired) electrons. The Kier molecular flexibility index (Phi) is 7.16. The van der Waals surface area contributed by atoms with Crippen LogP contribution in [0, 0.1) is 5.92 Å². The summed E-state index contributed by atoms with van der Waals surface area (Å²) >= 11 is 5.30. The summed E-state index contributed by atoms with van der Waals surface area (Å²) in [6.45, 7) is 9.00. The van der Waals surface area contributed by atoms with Gasteiger partial charge in [0, 0.05) is 11.3 Å². The predicted molar refractivity (Wildman–Crippen MR) is 111 cm³/mol. The van der Waals surface area contributed by atoms with Crippen LogP contribution in [0.2, 0.25) is 0 Å². The number of benzene rings is 2. The molecule has 0 atom stereocenters. The van der Waals surface area contributed by atoms with Crippen molar-refractivity contribution in [3.05, 3.63) is 59.7 Å². The van der Waals surface area contributed by atoms with Crippen LogP contribution in [0.4, 0.5) is 5.69 Å². The highest BCUT2D eigenvalue weighted by atomic mass is 32.1. The summed E-state index contributed by atoms with van der Waals surface area (Å²) in [5, 5.41) is 6.12. The normalized spacial score (nSPS) is 10.7. The van der Waals surface area contributed by atoms with Crippen molar-refractivity contribution in [1.82, 2.24) is 5.32 Å². The van der Waals surface area contributed by atoms with E-state index in [-0.39, 0.29) is 11.0 Å². The van der Waals surface area contributed by atoms with Gasteiger partial charge in [0.25, 0.3) is 5.91 Å². The first kappa shape index (κ1) is 19.9. The Morgan fingerprint density at radius 1 is 1.08 bits per heavy atom. The highest BCUT2D eigenvalue weighted by Gasteiger charge is 2.11. The van der Waals surface area contributed by atoms with Gasteiger partial charge in [-0.2, -0.15) is 0 Å². The van der Waals surface area contributed by atoms with Crippen LogP contribution in [0.1, 0.15) is 49.5 Å². The molecule has 2 rings (SSSR count). The molecule has 5 heteroatoms. The Hall–Kier alpha value is -2.40. The van der Waals surface area contributed by atoms with Crippen LogP contribution in [-0.2, 0) is 0 Å². The van der Waals surface area contributed by atoms with Gasteiger partial charge in [0.1, 0.15) is 5.75 Å². The van der Waals surface area contributed by atoms with Crippen molar-refractivity contribution in [3.63, 3.8) is 0 Å². The first-order valence-electron chi connectivity index (χ1n) is 8.81. The quantitative estimate of drug-likeness (QED) is 0.705. The second kappa shape index (κ2) is 9.34. The minimum atomic E-state index is -0.264. The number of thiocarbonyl (C=S) groups is 1. The number of carbonyl (C=O) groups excluding carboxylic acids is 1. The first-order chi connectivity index (χ1) is 12.4. The van der Waals surface area contributed by atoms with Gasteiger partial charge in [0.05, 0.1) is 6.61 Å². The van der Waals surface area contributed by atoms with Gasteiger partial charge in [0.15, 0.2) is 5.11 Å². The van der Waals surface area contributed by atoms with Crippen LogP contribution in [0.5, 0.6) is 5.75 Å². The second-order valence-electron chi connectivity index (χ2n) is 6.88. The third-order valence-electron chi connectivity index (χ3n) is 3.74. The number of amides is 1. The smallest absolute Gasteiger partial charge is 0.257 e. The van der Waals surface area contributed by atoms with Crippen LogP contribution in [0.3, 0.4) is 0 Å². The molecule has 0 saturated heterocycles. The van der Waals surface area contributed by atoms with E-state index in [0.29, 0.717) is 29.8 Å². The average Bonchev–Trinajstić information content (AvgIpc) is 2.60. The summed E-state index contributed by atoms with van der Waals surface area (Å²) in [7, 11) is 0. The summed E-state index contributed by atoms with van der Waals surface area (Å²) in [6.07, 6.45) is 0. The molecular weight excluding hydrogens is 344 g/mol. The molecule has 0 heterocycles. The molecule has 0 spiro atoms. The van der Waals surface area contributed by atoms with Gasteiger partial charge in [-0.05, 0) is 53.9 Å². The maximum absolute atomic E-state index is 12.5. The third-order valence-corrected chi connectivity index (χ3v) is 3.94. The number of carbonyl (C=O) groups is 1. The second-order valence-corrected chi connectivity index (χ2v) is 7.29. The summed E-state index contributed by atoms with van der Waals surface area (Å²) < 4.78 is 5.67. The number of hydrogen-bond donors (Lipinski definition) is 2. The maximum Gasteiger partial charge on any atom is 0.257 e. The van der Waals surface area contributed by atoms with E-state index < -0.39 is 0 Å². The zero-order valence-electron chi connectivity index (χ0n) is 15.7. The predicted octanol–water partition coefficient (Wildman–Crippen LogP) is 4.97. The SMILES string of the molecule is CC(C)COc1cccc(C(=O)NC(=S)Nc2ccccc2C(C)C)c1. The number of anilines is 1. The molecule has 0 bridgehead atoms. The van der Waals surface area contributed by atoms with Gasteiger partial charge < -0.3 is 10.1 Å². The van der Waals surface area contributed by atoms with Gasteiger partial charge in [-0.1, -0.05) is 52.0 Å². The molecule has 4 nitrogen and oxygen atoms in total. The van der Waals surface area contributed by atoms with E-state index in [4.69, 9.17) is 17.0 Å². The summed E-state index contributed by atoms with van der Waals surface area (Å²) in [4.78, 5) is 12.5. The highest BCUT2D eigenvalue weighted by molar-refractivity contribution is 7.80. The Morgan fingerprint density at radius 3 is 2.50 bits per heavy atom. The number of rotatable bonds is 6. The molecule has 2 aromatic rings. The first-order valence-corrected chi connectivity index (χ1v) is 9.21. The molecule has 0 aliphatic carbocycles. The van der Waals surface area contributed by atoms with Crippen molar-refractivity contribution in [2.45, 2.75) is 33.6 Å². The Balaban J connectivity index is 2.01. The fourth-order valence-corrected chi connectivity index (χ4v) is 2.64. The molecule has 0 unspecified atom stereocenters. The number of hydrogen-bond acceptors (Lipinski definition) is 3. The molecule has 0 aromatic heterocycles. The molecule has 1 amide bonds. The fraction of sp³-hybridized carbons (Fsp3) is 0.333. The lowest BCUT2D eigenvalue weighted by molar-refractivity contribution is 0.0977. The van der Waals surface area contributed by atoms with Crippen LogP contribution < -0.4 is 15.4 Å². The van der Waals surface area contributed by atoms with Crippen LogP contribution >= 0.6 is 12.2 Å². The molecule has 138 valence electrons. The van der Waals surface area contributed by atoms with Crippen LogP contribution in [0.15, 0.2) is 48.5 Å². The van der Waals surface area contributed by atoms with E-state index in [9.17, 15) is 4.79 Å². The third kappa shape index (κ3) is 5.85. The van der Waals surface area contributed by atoms with Crippen molar-refractivity contribution in [3.8, 4) is 5.75 Å². The minimum Gasteiger partial charge on any atom is -0.493 e. The van der Waals surface area contributed by atoms with E-state index in [0.717, 1.165) is 11.3 Å². The Bertz CT molecular complexity index is 772. The Labute approximate surface area is 161 Å². The van der Waals surface area contributed by atoms with Crippen molar-refractivity contribution in [1.29, 1.82) is 0 Å². The Morgan fingerprint density at radius 2 is 1.81 bits per heavy atom. The number of ether oxygens (including phenoxy) is 1. The molecule has 26 heavy (non-hydrogen) atoms. The van der Waals surface area contributed by atoms with Gasteiger partial charge in [-0.3, -0.25) is 10.1 Å². The van der Waals surface area contributed by atoms with Crippen LogP contribution in [0.25, 0.3) is 0 Å². The molecular formula is C21H26N2O2S. The molecule has 2 aromatic carbocycles. The van der Waals surface area contributed by atoms with Gasteiger partial charge >= 0.3 is 0 Å². The summed E-state index contributed by atoms with van der Waals surface area (Å²) in [5.41, 5.74) is 2.56. The van der Waals surface area contributed by atoms with Gasteiger partial charge in [0.2, 0.25) is 0 Å².